The van der Waals surface area contributed by atoms with Crippen molar-refractivity contribution in [1.29, 1.82) is 0 Å². The zero-order valence-corrected chi connectivity index (χ0v) is 11.5. The van der Waals surface area contributed by atoms with Crippen molar-refractivity contribution < 1.29 is 18.0 Å². The van der Waals surface area contributed by atoms with Gasteiger partial charge < -0.3 is 11.1 Å². The van der Waals surface area contributed by atoms with Crippen LogP contribution < -0.4 is 11.1 Å². The Labute approximate surface area is 121 Å². The zero-order chi connectivity index (χ0) is 15.5. The average molecular weight is 301 g/mol. The third-order valence-electron chi connectivity index (χ3n) is 3.24. The molecule has 0 spiro atoms. The topological polar surface area (TPSA) is 58.4 Å². The van der Waals surface area contributed by atoms with Crippen LogP contribution in [0.2, 0.25) is 0 Å². The minimum absolute atomic E-state index is 0.132. The second-order valence-corrected chi connectivity index (χ2v) is 5.20. The molecule has 21 heavy (non-hydrogen) atoms. The van der Waals surface area contributed by atoms with E-state index in [2.05, 4.69) is 5.32 Å². The number of carbonyl (C=O) groups is 1. The highest BCUT2D eigenvalue weighted by molar-refractivity contribution is 5.92. The van der Waals surface area contributed by atoms with E-state index in [1.54, 1.807) is 18.2 Å². The number of amides is 1. The number of halogens is 3. The maximum atomic E-state index is 12.5. The number of nitrogens with one attached hydrogen (secondary N) is 1. The molecule has 1 saturated carbocycles. The molecule has 0 radical (unpaired) electrons. The highest BCUT2D eigenvalue weighted by Crippen LogP contribution is 2.29. The van der Waals surface area contributed by atoms with Crippen LogP contribution in [0.25, 0.3) is 0 Å². The van der Waals surface area contributed by atoms with E-state index in [9.17, 15) is 18.0 Å². The first-order valence-electron chi connectivity index (χ1n) is 6.77. The van der Waals surface area contributed by atoms with Gasteiger partial charge in [0, 0.05) is 18.3 Å². The highest BCUT2D eigenvalue weighted by Gasteiger charge is 2.38. The van der Waals surface area contributed by atoms with Gasteiger partial charge in [-0.05, 0) is 30.5 Å². The van der Waals surface area contributed by atoms with Crippen molar-refractivity contribution in [3.63, 3.8) is 0 Å². The fraction of sp³-hybridized carbons (Fsp3) is 0.500. The van der Waals surface area contributed by atoms with E-state index in [0.717, 1.165) is 5.56 Å². The largest absolute Gasteiger partial charge is 0.401 e. The van der Waals surface area contributed by atoms with Gasteiger partial charge in [-0.25, -0.2) is 0 Å². The normalized spacial score (nSPS) is 15.3. The molecular formula is C14H18F3N3O. The second kappa shape index (κ2) is 6.44. The number of nitrogens with zero attached hydrogens (tertiary/aromatic N) is 1. The van der Waals surface area contributed by atoms with Crippen LogP contribution in [-0.4, -0.2) is 36.1 Å². The van der Waals surface area contributed by atoms with Crippen LogP contribution in [0.15, 0.2) is 24.3 Å². The quantitative estimate of drug-likeness (QED) is 0.846. The van der Waals surface area contributed by atoms with Crippen molar-refractivity contribution in [2.45, 2.75) is 31.6 Å². The molecule has 1 aliphatic carbocycles. The summed E-state index contributed by atoms with van der Waals surface area (Å²) in [4.78, 5) is 13.1. The fourth-order valence-electron chi connectivity index (χ4n) is 2.15. The molecule has 2 rings (SSSR count). The molecule has 0 aliphatic heterocycles. The predicted molar refractivity (Wildman–Crippen MR) is 73.6 cm³/mol. The van der Waals surface area contributed by atoms with Gasteiger partial charge in [-0.2, -0.15) is 13.2 Å². The summed E-state index contributed by atoms with van der Waals surface area (Å²) in [5.74, 6) is -0.444. The smallest absolute Gasteiger partial charge is 0.326 e. The molecule has 0 saturated heterocycles. The summed E-state index contributed by atoms with van der Waals surface area (Å²) < 4.78 is 37.4. The van der Waals surface area contributed by atoms with Gasteiger partial charge in [-0.1, -0.05) is 12.1 Å². The molecule has 0 bridgehead atoms. The van der Waals surface area contributed by atoms with Crippen LogP contribution in [0.1, 0.15) is 18.4 Å². The lowest BCUT2D eigenvalue weighted by atomic mass is 10.2. The number of nitrogens with two attached hydrogens (primary N) is 1. The van der Waals surface area contributed by atoms with Gasteiger partial charge in [-0.15, -0.1) is 0 Å². The van der Waals surface area contributed by atoms with Crippen LogP contribution >= 0.6 is 0 Å². The van der Waals surface area contributed by atoms with Crippen molar-refractivity contribution in [3.8, 4) is 0 Å². The Balaban J connectivity index is 1.92. The highest BCUT2D eigenvalue weighted by atomic mass is 19.4. The van der Waals surface area contributed by atoms with E-state index in [4.69, 9.17) is 5.73 Å². The van der Waals surface area contributed by atoms with Crippen molar-refractivity contribution in [3.05, 3.63) is 29.8 Å². The second-order valence-electron chi connectivity index (χ2n) is 5.20. The number of benzene rings is 1. The van der Waals surface area contributed by atoms with E-state index in [-0.39, 0.29) is 12.6 Å². The lowest BCUT2D eigenvalue weighted by Gasteiger charge is -2.22. The van der Waals surface area contributed by atoms with E-state index < -0.39 is 18.6 Å². The number of carbonyl (C=O) groups excluding carboxylic acids is 1. The Kier molecular flexibility index (Phi) is 4.84. The first-order chi connectivity index (χ1) is 9.87. The molecule has 1 aliphatic rings. The van der Waals surface area contributed by atoms with E-state index in [0.29, 0.717) is 25.1 Å². The van der Waals surface area contributed by atoms with Crippen molar-refractivity contribution in [2.75, 3.05) is 18.4 Å². The molecule has 0 unspecified atom stereocenters. The Hall–Kier alpha value is -1.60. The Morgan fingerprint density at radius 1 is 1.38 bits per heavy atom. The molecule has 0 aromatic heterocycles. The number of hydrogen-bond donors (Lipinski definition) is 2. The molecule has 1 fully saturated rings. The third kappa shape index (κ3) is 5.35. The Morgan fingerprint density at radius 3 is 2.67 bits per heavy atom. The Morgan fingerprint density at radius 2 is 2.10 bits per heavy atom. The molecule has 3 N–H and O–H groups in total. The molecule has 1 amide bonds. The van der Waals surface area contributed by atoms with Crippen LogP contribution in [0.4, 0.5) is 18.9 Å². The maximum absolute atomic E-state index is 12.5. The monoisotopic (exact) mass is 301 g/mol. The molecule has 1 aromatic carbocycles. The van der Waals surface area contributed by atoms with Gasteiger partial charge in [0.25, 0.3) is 0 Å². The summed E-state index contributed by atoms with van der Waals surface area (Å²) >= 11 is 0. The molecule has 0 atom stereocenters. The maximum Gasteiger partial charge on any atom is 0.401 e. The van der Waals surface area contributed by atoms with Crippen LogP contribution in [0, 0.1) is 0 Å². The predicted octanol–water partition coefficient (Wildman–Crippen LogP) is 2.11. The number of anilines is 1. The first kappa shape index (κ1) is 15.8. The van der Waals surface area contributed by atoms with Crippen molar-refractivity contribution >= 4 is 11.6 Å². The van der Waals surface area contributed by atoms with E-state index >= 15 is 0 Å². The summed E-state index contributed by atoms with van der Waals surface area (Å²) in [5, 5.41) is 2.61. The minimum Gasteiger partial charge on any atom is -0.326 e. The molecule has 0 heterocycles. The fourth-order valence-corrected chi connectivity index (χ4v) is 2.15. The summed E-state index contributed by atoms with van der Waals surface area (Å²) in [6.07, 6.45) is -2.86. The molecule has 4 nitrogen and oxygen atoms in total. The van der Waals surface area contributed by atoms with Gasteiger partial charge in [-0.3, -0.25) is 9.69 Å². The molecular weight excluding hydrogens is 283 g/mol. The number of rotatable bonds is 6. The summed E-state index contributed by atoms with van der Waals surface area (Å²) in [7, 11) is 0. The van der Waals surface area contributed by atoms with Gasteiger partial charge >= 0.3 is 6.18 Å². The number of hydrogen-bond acceptors (Lipinski definition) is 3. The molecule has 7 heteroatoms. The van der Waals surface area contributed by atoms with Gasteiger partial charge in [0.2, 0.25) is 5.91 Å². The first-order valence-corrected chi connectivity index (χ1v) is 6.77. The summed E-state index contributed by atoms with van der Waals surface area (Å²) in [5.41, 5.74) is 6.90. The zero-order valence-electron chi connectivity index (χ0n) is 11.5. The van der Waals surface area contributed by atoms with Gasteiger partial charge in [0.15, 0.2) is 0 Å². The van der Waals surface area contributed by atoms with Crippen LogP contribution in [0.3, 0.4) is 0 Å². The summed E-state index contributed by atoms with van der Waals surface area (Å²) in [6.45, 7) is -0.961. The van der Waals surface area contributed by atoms with Crippen molar-refractivity contribution in [2.24, 2.45) is 5.73 Å². The van der Waals surface area contributed by atoms with E-state index in [1.807, 2.05) is 6.07 Å². The average Bonchev–Trinajstić information content (AvgIpc) is 3.20. The number of alkyl halides is 3. The molecule has 116 valence electrons. The van der Waals surface area contributed by atoms with E-state index in [1.165, 1.54) is 4.90 Å². The van der Waals surface area contributed by atoms with Crippen molar-refractivity contribution in [1.82, 2.24) is 4.90 Å². The standard InChI is InChI=1S/C14H18F3N3O/c15-14(16,17)9-20(12-4-5-12)8-13(21)19-11-3-1-2-10(6-11)7-18/h1-3,6,12H,4-5,7-9,18H2,(H,19,21). The van der Waals surface area contributed by atoms with Gasteiger partial charge in [0.05, 0.1) is 13.1 Å². The Bertz CT molecular complexity index is 500. The third-order valence-corrected chi connectivity index (χ3v) is 3.24. The lowest BCUT2D eigenvalue weighted by molar-refractivity contribution is -0.149. The minimum atomic E-state index is -4.29. The van der Waals surface area contributed by atoms with Crippen LogP contribution in [-0.2, 0) is 11.3 Å². The van der Waals surface area contributed by atoms with Gasteiger partial charge in [0.1, 0.15) is 0 Å². The lowest BCUT2D eigenvalue weighted by Crippen LogP contribution is -2.41. The summed E-state index contributed by atoms with van der Waals surface area (Å²) in [6, 6.07) is 6.82. The molecule has 1 aromatic rings. The van der Waals surface area contributed by atoms with Crippen LogP contribution in [0.5, 0.6) is 0 Å². The SMILES string of the molecule is NCc1cccc(NC(=O)CN(CC(F)(F)F)C2CC2)c1.